The van der Waals surface area contributed by atoms with Gasteiger partial charge in [0.15, 0.2) is 11.5 Å². The van der Waals surface area contributed by atoms with Crippen LogP contribution in [0.5, 0.6) is 11.5 Å². The molecule has 0 radical (unpaired) electrons. The van der Waals surface area contributed by atoms with E-state index in [1.807, 2.05) is 0 Å². The van der Waals surface area contributed by atoms with Crippen LogP contribution in [0, 0.1) is 0 Å². The molecular weight excluding hydrogens is 489 g/mol. The predicted octanol–water partition coefficient (Wildman–Crippen LogP) is 6.01. The molecule has 2 aromatic carbocycles. The molecule has 0 unspecified atom stereocenters. The molecule has 2 amide bonds. The molecule has 2 aromatic rings. The minimum Gasteiger partial charge on any atom is -0.493 e. The molecular formula is C19H14BrCl2NO4S. The van der Waals surface area contributed by atoms with Gasteiger partial charge in [0.2, 0.25) is 0 Å². The van der Waals surface area contributed by atoms with Crippen molar-refractivity contribution in [3.8, 4) is 11.5 Å². The molecule has 5 nitrogen and oxygen atoms in total. The van der Waals surface area contributed by atoms with Crippen molar-refractivity contribution in [1.29, 1.82) is 0 Å². The Kier molecular flexibility index (Phi) is 6.60. The van der Waals surface area contributed by atoms with Gasteiger partial charge in [-0.3, -0.25) is 14.5 Å². The molecule has 146 valence electrons. The number of hydrogen-bond donors (Lipinski definition) is 0. The number of imide groups is 1. The second-order valence-electron chi connectivity index (χ2n) is 5.73. The zero-order valence-electron chi connectivity index (χ0n) is 14.8. The minimum absolute atomic E-state index is 0.0745. The van der Waals surface area contributed by atoms with Crippen LogP contribution in [-0.2, 0) is 11.3 Å². The molecule has 1 aliphatic rings. The normalized spacial score (nSPS) is 15.5. The Bertz CT molecular complexity index is 996. The van der Waals surface area contributed by atoms with Crippen LogP contribution in [0.2, 0.25) is 10.0 Å². The number of carbonyl (C=O) groups excluding carboxylic acids is 2. The Morgan fingerprint density at radius 2 is 1.79 bits per heavy atom. The van der Waals surface area contributed by atoms with E-state index in [4.69, 9.17) is 32.7 Å². The molecule has 9 heteroatoms. The van der Waals surface area contributed by atoms with Gasteiger partial charge in [-0.2, -0.15) is 0 Å². The van der Waals surface area contributed by atoms with Crippen LogP contribution < -0.4 is 9.47 Å². The molecule has 1 heterocycles. The van der Waals surface area contributed by atoms with Crippen LogP contribution in [-0.4, -0.2) is 30.3 Å². The summed E-state index contributed by atoms with van der Waals surface area (Å²) >= 11 is 16.4. The lowest BCUT2D eigenvalue weighted by molar-refractivity contribution is -0.123. The number of ether oxygens (including phenoxy) is 2. The van der Waals surface area contributed by atoms with Crippen LogP contribution in [0.3, 0.4) is 0 Å². The number of hydrogen-bond acceptors (Lipinski definition) is 5. The van der Waals surface area contributed by atoms with E-state index in [0.717, 1.165) is 16.7 Å². The van der Waals surface area contributed by atoms with Crippen molar-refractivity contribution in [2.24, 2.45) is 0 Å². The van der Waals surface area contributed by atoms with E-state index in [2.05, 4.69) is 15.9 Å². The lowest BCUT2D eigenvalue weighted by Crippen LogP contribution is -2.27. The molecule has 1 aliphatic heterocycles. The van der Waals surface area contributed by atoms with Crippen LogP contribution in [0.25, 0.3) is 6.08 Å². The number of methoxy groups -OCH3 is 2. The first-order chi connectivity index (χ1) is 13.3. The molecule has 0 saturated carbocycles. The third-order valence-electron chi connectivity index (χ3n) is 4.01. The maximum atomic E-state index is 12.8. The number of nitrogens with zero attached hydrogens (tertiary/aromatic N) is 1. The number of carbonyl (C=O) groups is 2. The van der Waals surface area contributed by atoms with Crippen LogP contribution >= 0.6 is 50.9 Å². The fourth-order valence-corrected chi connectivity index (χ4v) is 4.31. The maximum absolute atomic E-state index is 12.8. The molecule has 0 N–H and O–H groups in total. The van der Waals surface area contributed by atoms with E-state index in [1.165, 1.54) is 14.2 Å². The number of benzene rings is 2. The highest BCUT2D eigenvalue weighted by Gasteiger charge is 2.35. The van der Waals surface area contributed by atoms with E-state index >= 15 is 0 Å². The molecule has 1 saturated heterocycles. The molecule has 0 atom stereocenters. The first kappa shape index (κ1) is 21.0. The van der Waals surface area contributed by atoms with Gasteiger partial charge in [0.05, 0.1) is 25.7 Å². The average molecular weight is 503 g/mol. The van der Waals surface area contributed by atoms with Crippen LogP contribution in [0.4, 0.5) is 4.79 Å². The van der Waals surface area contributed by atoms with Gasteiger partial charge in [-0.25, -0.2) is 0 Å². The molecule has 0 aromatic heterocycles. The number of rotatable bonds is 5. The van der Waals surface area contributed by atoms with E-state index in [9.17, 15) is 9.59 Å². The second-order valence-corrected chi connectivity index (χ2v) is 8.42. The van der Waals surface area contributed by atoms with Gasteiger partial charge in [0.25, 0.3) is 11.1 Å². The van der Waals surface area contributed by atoms with E-state index in [0.29, 0.717) is 42.0 Å². The maximum Gasteiger partial charge on any atom is 0.293 e. The largest absolute Gasteiger partial charge is 0.493 e. The average Bonchev–Trinajstić information content (AvgIpc) is 2.92. The summed E-state index contributed by atoms with van der Waals surface area (Å²) in [4.78, 5) is 26.6. The molecule has 1 fully saturated rings. The lowest BCUT2D eigenvalue weighted by Gasteiger charge is -2.13. The Morgan fingerprint density at radius 3 is 2.43 bits per heavy atom. The second kappa shape index (κ2) is 8.78. The Labute approximate surface area is 184 Å². The number of amides is 2. The third-order valence-corrected chi connectivity index (χ3v) is 6.19. The van der Waals surface area contributed by atoms with Gasteiger partial charge < -0.3 is 9.47 Å². The molecule has 28 heavy (non-hydrogen) atoms. The highest BCUT2D eigenvalue weighted by atomic mass is 79.9. The summed E-state index contributed by atoms with van der Waals surface area (Å²) in [6.07, 6.45) is 1.64. The molecule has 0 aliphatic carbocycles. The van der Waals surface area contributed by atoms with Crippen molar-refractivity contribution in [3.63, 3.8) is 0 Å². The SMILES string of the molecule is COc1cc(Br)c(/C=C2\SC(=O)N(Cc3ccc(Cl)cc3Cl)C2=O)cc1OC. The van der Waals surface area contributed by atoms with Crippen LogP contribution in [0.15, 0.2) is 39.7 Å². The summed E-state index contributed by atoms with van der Waals surface area (Å²) in [5.74, 6) is 0.684. The fourth-order valence-electron chi connectivity index (χ4n) is 2.58. The third kappa shape index (κ3) is 4.33. The smallest absolute Gasteiger partial charge is 0.293 e. The van der Waals surface area contributed by atoms with Crippen molar-refractivity contribution in [2.45, 2.75) is 6.54 Å². The fraction of sp³-hybridized carbons (Fsp3) is 0.158. The van der Waals surface area contributed by atoms with E-state index < -0.39 is 0 Å². The first-order valence-electron chi connectivity index (χ1n) is 7.95. The topological polar surface area (TPSA) is 55.8 Å². The zero-order chi connectivity index (χ0) is 20.4. The van der Waals surface area contributed by atoms with E-state index in [1.54, 1.807) is 36.4 Å². The summed E-state index contributed by atoms with van der Waals surface area (Å²) in [5, 5.41) is 0.526. The van der Waals surface area contributed by atoms with Crippen molar-refractivity contribution in [2.75, 3.05) is 14.2 Å². The summed E-state index contributed by atoms with van der Waals surface area (Å²) in [7, 11) is 3.07. The monoisotopic (exact) mass is 501 g/mol. The van der Waals surface area contributed by atoms with Crippen LogP contribution in [0.1, 0.15) is 11.1 Å². The van der Waals surface area contributed by atoms with Gasteiger partial charge in [-0.15, -0.1) is 0 Å². The Hall–Kier alpha value is -1.67. The van der Waals surface area contributed by atoms with Crippen molar-refractivity contribution >= 4 is 68.1 Å². The van der Waals surface area contributed by atoms with Crippen molar-refractivity contribution in [3.05, 3.63) is 60.9 Å². The first-order valence-corrected chi connectivity index (χ1v) is 10.3. The summed E-state index contributed by atoms with van der Waals surface area (Å²) in [6.45, 7) is 0.0745. The van der Waals surface area contributed by atoms with Gasteiger partial charge in [-0.05, 0) is 53.2 Å². The predicted molar refractivity (Wildman–Crippen MR) is 115 cm³/mol. The van der Waals surface area contributed by atoms with E-state index in [-0.39, 0.29) is 17.7 Å². The minimum atomic E-state index is -0.386. The summed E-state index contributed by atoms with van der Waals surface area (Å²) in [6, 6.07) is 8.41. The van der Waals surface area contributed by atoms with Gasteiger partial charge >= 0.3 is 0 Å². The number of thioether (sulfide) groups is 1. The highest BCUT2D eigenvalue weighted by molar-refractivity contribution is 9.10. The Balaban J connectivity index is 1.89. The van der Waals surface area contributed by atoms with Crippen molar-refractivity contribution < 1.29 is 19.1 Å². The van der Waals surface area contributed by atoms with Crippen molar-refractivity contribution in [1.82, 2.24) is 4.90 Å². The molecule has 0 bridgehead atoms. The zero-order valence-corrected chi connectivity index (χ0v) is 18.7. The standard InChI is InChI=1S/C19H14BrCl2NO4S/c1-26-15-5-11(13(20)8-16(15)27-2)6-17-18(24)23(19(25)28-17)9-10-3-4-12(21)7-14(10)22/h3-8H,9H2,1-2H3/b17-6-. The lowest BCUT2D eigenvalue weighted by atomic mass is 10.1. The van der Waals surface area contributed by atoms with Gasteiger partial charge in [0, 0.05) is 14.5 Å². The van der Waals surface area contributed by atoms with Gasteiger partial charge in [-0.1, -0.05) is 45.2 Å². The van der Waals surface area contributed by atoms with Gasteiger partial charge in [0.1, 0.15) is 0 Å². The molecule has 3 rings (SSSR count). The Morgan fingerprint density at radius 1 is 1.11 bits per heavy atom. The molecule has 0 spiro atoms. The summed E-state index contributed by atoms with van der Waals surface area (Å²) in [5.41, 5.74) is 1.33. The number of halogens is 3. The quantitative estimate of drug-likeness (QED) is 0.468. The highest BCUT2D eigenvalue weighted by Crippen LogP contribution is 2.38. The summed E-state index contributed by atoms with van der Waals surface area (Å²) < 4.78 is 11.3.